The van der Waals surface area contributed by atoms with Gasteiger partial charge in [-0.15, -0.1) is 0 Å². The maximum absolute atomic E-state index is 2.30. The molecule has 0 aliphatic heterocycles. The summed E-state index contributed by atoms with van der Waals surface area (Å²) in [6, 6.07) is 141. The van der Waals surface area contributed by atoms with Crippen LogP contribution in [0.5, 0.6) is 0 Å². The van der Waals surface area contributed by atoms with Crippen LogP contribution in [-0.2, 0) is 0 Å². The van der Waals surface area contributed by atoms with Crippen LogP contribution in [0.25, 0.3) is 132 Å². The molecular weight excluding hydrogens is 1190 g/mol. The summed E-state index contributed by atoms with van der Waals surface area (Å²) < 4.78 is 0. The standard InChI is InChI=1S/2C31H24.C15H12.2C11H10/c1-23-15-17-26(18-16-23)27-13-8-14-28(19-27)31-21-29(24-9-4-2-5-10-24)20-30(22-31)25-11-6-3-7-12-25;1-23-13-15-26(16-14-23)28-9-5-11-30(21-28)31-12-6-10-29(22-31)27-19-17-25(18-20-27)24-7-3-2-4-8-24;1-11-10-12-6-2-3-8-14(12)15-9-5-4-7-13(11)15;1-9-5-4-7-10-6-2-3-8-11(9)10;1-9-6-7-10-4-2-3-5-11(10)8-9/h2*2-22H,1H3;2-10H,1H3;2*2-8H,1H3. The van der Waals surface area contributed by atoms with E-state index in [1.54, 1.807) is 0 Å². The van der Waals surface area contributed by atoms with Crippen LogP contribution in [0.3, 0.4) is 0 Å². The largest absolute Gasteiger partial charge is 0.0622 e. The Bertz CT molecular complexity index is 5420. The van der Waals surface area contributed by atoms with Gasteiger partial charge in [0.2, 0.25) is 0 Å². The van der Waals surface area contributed by atoms with Gasteiger partial charge in [0.25, 0.3) is 0 Å². The van der Waals surface area contributed by atoms with Crippen LogP contribution in [0.15, 0.2) is 394 Å². The van der Waals surface area contributed by atoms with Gasteiger partial charge in [-0.2, -0.15) is 0 Å². The highest BCUT2D eigenvalue weighted by atomic mass is 14.2. The molecule has 0 heterocycles. The molecule has 0 saturated heterocycles. The second-order valence-electron chi connectivity index (χ2n) is 25.6. The Balaban J connectivity index is 0.000000119. The van der Waals surface area contributed by atoms with Crippen molar-refractivity contribution < 1.29 is 0 Å². The minimum Gasteiger partial charge on any atom is -0.0622 e. The van der Waals surface area contributed by atoms with Gasteiger partial charge >= 0.3 is 0 Å². The molecule has 0 radical (unpaired) electrons. The Kier molecular flexibility index (Phi) is 20.9. The fourth-order valence-electron chi connectivity index (χ4n) is 12.9. The molecule has 0 unspecified atom stereocenters. The van der Waals surface area contributed by atoms with Crippen molar-refractivity contribution in [2.24, 2.45) is 0 Å². The Hall–Kier alpha value is -12.2. The Morgan fingerprint density at radius 2 is 0.404 bits per heavy atom. The van der Waals surface area contributed by atoms with Gasteiger partial charge in [-0.25, -0.2) is 0 Å². The van der Waals surface area contributed by atoms with E-state index in [4.69, 9.17) is 0 Å². The SMILES string of the molecule is Cc1cc2ccccc2c2ccccc12.Cc1ccc(-c2cccc(-c3cc(-c4ccccc4)cc(-c4ccccc4)c3)c2)cc1.Cc1ccc(-c2cccc(-c3cccc(-c4ccc(-c5ccccc5)cc4)c3)c2)cc1.Cc1ccc2ccccc2c1.Cc1cccc2ccccc12. The van der Waals surface area contributed by atoms with Crippen molar-refractivity contribution in [3.63, 3.8) is 0 Å². The molecule has 0 saturated carbocycles. The lowest BCUT2D eigenvalue weighted by molar-refractivity contribution is 1.47. The minimum absolute atomic E-state index is 1.23. The van der Waals surface area contributed by atoms with Crippen LogP contribution < -0.4 is 0 Å². The van der Waals surface area contributed by atoms with E-state index < -0.39 is 0 Å². The molecule has 0 atom stereocenters. The van der Waals surface area contributed by atoms with Gasteiger partial charge in [0.1, 0.15) is 0 Å². The second kappa shape index (κ2) is 31.6. The van der Waals surface area contributed by atoms with Gasteiger partial charge in [0, 0.05) is 0 Å². The number of fused-ring (bicyclic) bond motifs is 5. The van der Waals surface area contributed by atoms with Gasteiger partial charge in [-0.05, 0) is 214 Å². The zero-order valence-corrected chi connectivity index (χ0v) is 57.0. The first-order valence-electron chi connectivity index (χ1n) is 34.3. The molecule has 476 valence electrons. The monoisotopic (exact) mass is 1270 g/mol. The summed E-state index contributed by atoms with van der Waals surface area (Å²) in [6.45, 7) is 10.7. The molecule has 0 heteroatoms. The summed E-state index contributed by atoms with van der Waals surface area (Å²) in [5, 5.41) is 10.7. The van der Waals surface area contributed by atoms with Gasteiger partial charge in [-0.3, -0.25) is 0 Å². The van der Waals surface area contributed by atoms with Crippen molar-refractivity contribution in [2.45, 2.75) is 34.6 Å². The molecular formula is C99H80. The number of rotatable bonds is 8. The first-order chi connectivity index (χ1) is 48.6. The molecule has 17 aromatic rings. The smallest absolute Gasteiger partial charge is 0.0103 e. The predicted molar refractivity (Wildman–Crippen MR) is 429 cm³/mol. The molecule has 99 heavy (non-hydrogen) atoms. The van der Waals surface area contributed by atoms with E-state index in [2.05, 4.69) is 429 Å². The molecule has 17 rings (SSSR count). The van der Waals surface area contributed by atoms with E-state index in [1.807, 2.05) is 0 Å². The summed E-state index contributed by atoms with van der Waals surface area (Å²) in [5.41, 5.74) is 26.4. The van der Waals surface area contributed by atoms with Gasteiger partial charge in [0.05, 0.1) is 0 Å². The zero-order chi connectivity index (χ0) is 67.7. The zero-order valence-electron chi connectivity index (χ0n) is 57.0. The third-order valence-electron chi connectivity index (χ3n) is 18.4. The molecule has 0 spiro atoms. The van der Waals surface area contributed by atoms with Crippen molar-refractivity contribution in [3.05, 3.63) is 422 Å². The Morgan fingerprint density at radius 3 is 0.879 bits per heavy atom. The number of hydrogen-bond donors (Lipinski definition) is 0. The van der Waals surface area contributed by atoms with Crippen LogP contribution in [0.2, 0.25) is 0 Å². The summed E-state index contributed by atoms with van der Waals surface area (Å²) in [4.78, 5) is 0. The van der Waals surface area contributed by atoms with E-state index in [-0.39, 0.29) is 0 Å². The summed E-state index contributed by atoms with van der Waals surface area (Å²) in [5.74, 6) is 0. The molecule has 0 amide bonds. The van der Waals surface area contributed by atoms with Crippen molar-refractivity contribution in [3.8, 4) is 89.0 Å². The fourth-order valence-corrected chi connectivity index (χ4v) is 12.9. The lowest BCUT2D eigenvalue weighted by Gasteiger charge is -2.12. The van der Waals surface area contributed by atoms with Crippen molar-refractivity contribution >= 4 is 43.1 Å². The van der Waals surface area contributed by atoms with E-state index >= 15 is 0 Å². The lowest BCUT2D eigenvalue weighted by atomic mass is 9.92. The third kappa shape index (κ3) is 16.5. The molecule has 0 aromatic heterocycles. The van der Waals surface area contributed by atoms with Crippen LogP contribution >= 0.6 is 0 Å². The third-order valence-corrected chi connectivity index (χ3v) is 18.4. The molecule has 0 N–H and O–H groups in total. The summed E-state index contributed by atoms with van der Waals surface area (Å²) in [6.07, 6.45) is 0. The maximum atomic E-state index is 2.30. The number of benzene rings is 17. The van der Waals surface area contributed by atoms with Crippen LogP contribution in [-0.4, -0.2) is 0 Å². The Morgan fingerprint density at radius 1 is 0.121 bits per heavy atom. The Labute approximate surface area is 585 Å². The topological polar surface area (TPSA) is 0 Å². The normalized spacial score (nSPS) is 10.7. The fraction of sp³-hybridized carbons (Fsp3) is 0.0505. The van der Waals surface area contributed by atoms with Crippen molar-refractivity contribution in [1.29, 1.82) is 0 Å². The van der Waals surface area contributed by atoms with E-state index in [1.165, 1.54) is 160 Å². The minimum atomic E-state index is 1.23. The van der Waals surface area contributed by atoms with Gasteiger partial charge in [-0.1, -0.05) is 375 Å². The first-order valence-corrected chi connectivity index (χ1v) is 34.3. The molecule has 0 aliphatic rings. The van der Waals surface area contributed by atoms with E-state index in [0.717, 1.165) is 0 Å². The summed E-state index contributed by atoms with van der Waals surface area (Å²) >= 11 is 0. The number of aryl methyl sites for hydroxylation is 5. The molecule has 17 aromatic carbocycles. The average Bonchev–Trinajstić information content (AvgIpc) is 0.794. The maximum Gasteiger partial charge on any atom is -0.0103 e. The van der Waals surface area contributed by atoms with Gasteiger partial charge in [0.15, 0.2) is 0 Å². The van der Waals surface area contributed by atoms with Crippen LogP contribution in [0, 0.1) is 34.6 Å². The number of hydrogen-bond acceptors (Lipinski definition) is 0. The van der Waals surface area contributed by atoms with Gasteiger partial charge < -0.3 is 0 Å². The van der Waals surface area contributed by atoms with Crippen molar-refractivity contribution in [1.82, 2.24) is 0 Å². The van der Waals surface area contributed by atoms with Crippen molar-refractivity contribution in [2.75, 3.05) is 0 Å². The highest BCUT2D eigenvalue weighted by Gasteiger charge is 2.11. The predicted octanol–water partition coefficient (Wildman–Crippen LogP) is 27.9. The van der Waals surface area contributed by atoms with Crippen LogP contribution in [0.4, 0.5) is 0 Å². The average molecular weight is 1270 g/mol. The highest BCUT2D eigenvalue weighted by Crippen LogP contribution is 2.36. The molecule has 0 bridgehead atoms. The quantitative estimate of drug-likeness (QED) is 0.133. The molecule has 0 fully saturated rings. The summed E-state index contributed by atoms with van der Waals surface area (Å²) in [7, 11) is 0. The molecule has 0 nitrogen and oxygen atoms in total. The van der Waals surface area contributed by atoms with E-state index in [0.29, 0.717) is 0 Å². The first kappa shape index (κ1) is 65.4. The highest BCUT2D eigenvalue weighted by molar-refractivity contribution is 6.09. The lowest BCUT2D eigenvalue weighted by Crippen LogP contribution is -1.87. The second-order valence-corrected chi connectivity index (χ2v) is 25.6. The molecule has 0 aliphatic carbocycles. The van der Waals surface area contributed by atoms with E-state index in [9.17, 15) is 0 Å². The van der Waals surface area contributed by atoms with Crippen LogP contribution in [0.1, 0.15) is 27.8 Å².